The van der Waals surface area contributed by atoms with Crippen molar-refractivity contribution in [3.63, 3.8) is 0 Å². The highest BCUT2D eigenvalue weighted by Gasteiger charge is 2.35. The topological polar surface area (TPSA) is 85.0 Å². The molecular weight excluding hydrogens is 270 g/mol. The molecule has 1 aromatic carbocycles. The van der Waals surface area contributed by atoms with Gasteiger partial charge in [0.15, 0.2) is 0 Å². The second-order valence-electron chi connectivity index (χ2n) is 4.44. The first-order chi connectivity index (χ1) is 10.1. The quantitative estimate of drug-likeness (QED) is 0.489. The van der Waals surface area contributed by atoms with Crippen LogP contribution in [0.5, 0.6) is 0 Å². The normalized spacial score (nSPS) is 17.0. The minimum absolute atomic E-state index is 0.124. The predicted molar refractivity (Wildman–Crippen MR) is 78.4 cm³/mol. The molecule has 2 rings (SSSR count). The summed E-state index contributed by atoms with van der Waals surface area (Å²) >= 11 is 0. The number of esters is 1. The van der Waals surface area contributed by atoms with Gasteiger partial charge in [-0.1, -0.05) is 18.2 Å². The Hall–Kier alpha value is -2.81. The highest BCUT2D eigenvalue weighted by molar-refractivity contribution is 6.38. The van der Waals surface area contributed by atoms with Crippen LogP contribution in [0.15, 0.2) is 35.4 Å². The molecule has 0 saturated heterocycles. The van der Waals surface area contributed by atoms with Crippen LogP contribution in [-0.2, 0) is 14.3 Å². The molecule has 0 fully saturated rings. The Kier molecular flexibility index (Phi) is 4.57. The van der Waals surface area contributed by atoms with E-state index in [0.717, 1.165) is 0 Å². The molecule has 0 bridgehead atoms. The third-order valence-corrected chi connectivity index (χ3v) is 2.97. The van der Waals surface area contributed by atoms with E-state index in [0.29, 0.717) is 12.1 Å². The first-order valence-electron chi connectivity index (χ1n) is 6.45. The largest absolute Gasteiger partial charge is 0.460 e. The van der Waals surface area contributed by atoms with E-state index in [1.807, 2.05) is 18.2 Å². The van der Waals surface area contributed by atoms with Gasteiger partial charge in [-0.15, -0.1) is 12.3 Å². The summed E-state index contributed by atoms with van der Waals surface area (Å²) in [5.74, 6) is 1.25. The molecule has 6 nitrogen and oxygen atoms in total. The van der Waals surface area contributed by atoms with Crippen LogP contribution in [0.25, 0.3) is 0 Å². The molecular formula is C15H15N3O3. The average Bonchev–Trinajstić information content (AvgIpc) is 2.94. The SMILES string of the molecule is C#CCCOC(=O)C1=NN(c2ccccc2)C(C(N)=O)C1. The van der Waals surface area contributed by atoms with E-state index in [1.165, 1.54) is 5.01 Å². The van der Waals surface area contributed by atoms with Crippen LogP contribution in [0.4, 0.5) is 5.69 Å². The van der Waals surface area contributed by atoms with Gasteiger partial charge in [0.25, 0.3) is 0 Å². The summed E-state index contributed by atoms with van der Waals surface area (Å²) in [7, 11) is 0. The van der Waals surface area contributed by atoms with Crippen molar-refractivity contribution in [1.29, 1.82) is 0 Å². The molecule has 1 atom stereocenters. The van der Waals surface area contributed by atoms with Gasteiger partial charge in [0.05, 0.1) is 5.69 Å². The molecule has 2 N–H and O–H groups in total. The summed E-state index contributed by atoms with van der Waals surface area (Å²) in [4.78, 5) is 23.4. The van der Waals surface area contributed by atoms with E-state index in [2.05, 4.69) is 11.0 Å². The van der Waals surface area contributed by atoms with Gasteiger partial charge in [-0.05, 0) is 12.1 Å². The van der Waals surface area contributed by atoms with Gasteiger partial charge in [0.2, 0.25) is 5.91 Å². The van der Waals surface area contributed by atoms with Gasteiger partial charge >= 0.3 is 5.97 Å². The molecule has 21 heavy (non-hydrogen) atoms. The molecule has 1 amide bonds. The van der Waals surface area contributed by atoms with Crippen molar-refractivity contribution in [2.75, 3.05) is 11.6 Å². The highest BCUT2D eigenvalue weighted by Crippen LogP contribution is 2.24. The van der Waals surface area contributed by atoms with Gasteiger partial charge in [-0.25, -0.2) is 4.79 Å². The molecule has 1 heterocycles. The van der Waals surface area contributed by atoms with E-state index in [9.17, 15) is 9.59 Å². The van der Waals surface area contributed by atoms with Gasteiger partial charge in [0, 0.05) is 12.8 Å². The molecule has 1 aliphatic heterocycles. The summed E-state index contributed by atoms with van der Waals surface area (Å²) in [5, 5.41) is 5.61. The fraction of sp³-hybridized carbons (Fsp3) is 0.267. The maximum Gasteiger partial charge on any atom is 0.354 e. The second kappa shape index (κ2) is 6.57. The number of terminal acetylenes is 1. The number of hydrogen-bond donors (Lipinski definition) is 1. The van der Waals surface area contributed by atoms with Crippen molar-refractivity contribution in [2.45, 2.75) is 18.9 Å². The smallest absolute Gasteiger partial charge is 0.354 e. The maximum atomic E-state index is 11.9. The minimum atomic E-state index is -0.692. The van der Waals surface area contributed by atoms with Crippen molar-refractivity contribution >= 4 is 23.3 Å². The lowest BCUT2D eigenvalue weighted by Gasteiger charge is -2.20. The molecule has 6 heteroatoms. The van der Waals surface area contributed by atoms with Gasteiger partial charge in [0.1, 0.15) is 18.4 Å². The summed E-state index contributed by atoms with van der Waals surface area (Å²) < 4.78 is 4.99. The number of hydrogen-bond acceptors (Lipinski definition) is 5. The lowest BCUT2D eigenvalue weighted by Crippen LogP contribution is -2.39. The number of carbonyl (C=O) groups excluding carboxylic acids is 2. The first kappa shape index (κ1) is 14.6. The molecule has 108 valence electrons. The molecule has 1 aliphatic rings. The Labute approximate surface area is 122 Å². The number of ether oxygens (including phenoxy) is 1. The van der Waals surface area contributed by atoms with Crippen molar-refractivity contribution < 1.29 is 14.3 Å². The minimum Gasteiger partial charge on any atom is -0.460 e. The van der Waals surface area contributed by atoms with Crippen LogP contribution in [-0.4, -0.2) is 30.2 Å². The van der Waals surface area contributed by atoms with Crippen molar-refractivity contribution in [1.82, 2.24) is 0 Å². The highest BCUT2D eigenvalue weighted by atomic mass is 16.5. The summed E-state index contributed by atoms with van der Waals surface area (Å²) in [5.41, 5.74) is 6.23. The number of anilines is 1. The van der Waals surface area contributed by atoms with Gasteiger partial charge in [-0.3, -0.25) is 9.80 Å². The fourth-order valence-electron chi connectivity index (χ4n) is 1.96. The molecule has 0 aliphatic carbocycles. The van der Waals surface area contributed by atoms with Crippen molar-refractivity contribution in [3.8, 4) is 12.3 Å². The lowest BCUT2D eigenvalue weighted by molar-refractivity contribution is -0.135. The summed E-state index contributed by atoms with van der Waals surface area (Å²) in [6, 6.07) is 8.34. The lowest BCUT2D eigenvalue weighted by atomic mass is 10.1. The zero-order chi connectivity index (χ0) is 15.2. The van der Waals surface area contributed by atoms with Crippen LogP contribution >= 0.6 is 0 Å². The van der Waals surface area contributed by atoms with E-state index in [4.69, 9.17) is 16.9 Å². The Morgan fingerprint density at radius 1 is 1.43 bits per heavy atom. The molecule has 0 radical (unpaired) electrons. The number of hydrazone groups is 1. The monoisotopic (exact) mass is 285 g/mol. The van der Waals surface area contributed by atoms with Crippen LogP contribution in [0.1, 0.15) is 12.8 Å². The van der Waals surface area contributed by atoms with Crippen LogP contribution < -0.4 is 10.7 Å². The summed E-state index contributed by atoms with van der Waals surface area (Å²) in [6.07, 6.45) is 5.55. The number of amides is 1. The predicted octanol–water partition coefficient (Wildman–Crippen LogP) is 0.673. The zero-order valence-corrected chi connectivity index (χ0v) is 11.4. The second-order valence-corrected chi connectivity index (χ2v) is 4.44. The Morgan fingerprint density at radius 3 is 2.76 bits per heavy atom. The van der Waals surface area contributed by atoms with Crippen LogP contribution in [0.3, 0.4) is 0 Å². The third kappa shape index (κ3) is 3.39. The third-order valence-electron chi connectivity index (χ3n) is 2.97. The van der Waals surface area contributed by atoms with Crippen LogP contribution in [0, 0.1) is 12.3 Å². The average molecular weight is 285 g/mol. The zero-order valence-electron chi connectivity index (χ0n) is 11.4. The van der Waals surface area contributed by atoms with Crippen molar-refractivity contribution in [2.24, 2.45) is 10.8 Å². The fourth-order valence-corrected chi connectivity index (χ4v) is 1.96. The molecule has 0 aromatic heterocycles. The number of para-hydroxylation sites is 1. The molecule has 1 unspecified atom stereocenters. The Balaban J connectivity index is 2.16. The molecule has 0 spiro atoms. The number of rotatable bonds is 5. The number of primary amides is 1. The van der Waals surface area contributed by atoms with Crippen LogP contribution in [0.2, 0.25) is 0 Å². The molecule has 1 aromatic rings. The van der Waals surface area contributed by atoms with Crippen molar-refractivity contribution in [3.05, 3.63) is 30.3 Å². The summed E-state index contributed by atoms with van der Waals surface area (Å²) in [6.45, 7) is 0.126. The molecule has 0 saturated carbocycles. The maximum absolute atomic E-state index is 11.9. The Bertz CT molecular complexity index is 604. The number of carbonyl (C=O) groups is 2. The standard InChI is InChI=1S/C15H15N3O3/c1-2-3-9-21-15(20)12-10-13(14(16)19)18(17-12)11-7-5-4-6-8-11/h1,4-8,13H,3,9-10H2,(H2,16,19). The van der Waals surface area contributed by atoms with E-state index >= 15 is 0 Å². The van der Waals surface area contributed by atoms with E-state index < -0.39 is 17.9 Å². The van der Waals surface area contributed by atoms with E-state index in [1.54, 1.807) is 12.1 Å². The number of benzene rings is 1. The van der Waals surface area contributed by atoms with Gasteiger partial charge < -0.3 is 10.5 Å². The van der Waals surface area contributed by atoms with Gasteiger partial charge in [-0.2, -0.15) is 5.10 Å². The first-order valence-corrected chi connectivity index (χ1v) is 6.45. The number of nitrogens with two attached hydrogens (primary N) is 1. The number of nitrogens with zero attached hydrogens (tertiary/aromatic N) is 2. The van der Waals surface area contributed by atoms with E-state index in [-0.39, 0.29) is 18.7 Å². The Morgan fingerprint density at radius 2 is 2.14 bits per heavy atom.